The molecule has 0 aromatic heterocycles. The number of hydrazone groups is 1. The summed E-state index contributed by atoms with van der Waals surface area (Å²) in [7, 11) is 0. The summed E-state index contributed by atoms with van der Waals surface area (Å²) in [5, 5.41) is 12.2. The van der Waals surface area contributed by atoms with Crippen molar-refractivity contribution in [2.24, 2.45) is 10.1 Å². The fourth-order valence-electron chi connectivity index (χ4n) is 3.09. The fourth-order valence-corrected chi connectivity index (χ4v) is 4.23. The first-order chi connectivity index (χ1) is 13.2. The van der Waals surface area contributed by atoms with Crippen LogP contribution in [0.5, 0.6) is 0 Å². The Morgan fingerprint density at radius 1 is 1.22 bits per heavy atom. The molecule has 5 nitrogen and oxygen atoms in total. The van der Waals surface area contributed by atoms with Crippen molar-refractivity contribution in [3.63, 3.8) is 0 Å². The number of hydrogen-bond acceptors (Lipinski definition) is 5. The maximum atomic E-state index is 12.9. The maximum Gasteiger partial charge on any atom is 0.276 e. The highest BCUT2D eigenvalue weighted by atomic mass is 35.5. The van der Waals surface area contributed by atoms with E-state index in [9.17, 15) is 4.79 Å². The predicted molar refractivity (Wildman–Crippen MR) is 110 cm³/mol. The monoisotopic (exact) mass is 398 g/mol. The van der Waals surface area contributed by atoms with Crippen LogP contribution in [0.2, 0.25) is 5.02 Å². The van der Waals surface area contributed by atoms with Gasteiger partial charge in [-0.15, -0.1) is 5.10 Å². The molecule has 2 aromatic rings. The van der Waals surface area contributed by atoms with Crippen LogP contribution in [-0.2, 0) is 4.79 Å². The zero-order chi connectivity index (χ0) is 18.8. The molecule has 138 valence electrons. The molecule has 1 N–H and O–H groups in total. The lowest BCUT2D eigenvalue weighted by molar-refractivity contribution is -0.116. The van der Waals surface area contributed by atoms with Crippen LogP contribution in [0.25, 0.3) is 5.70 Å². The minimum absolute atomic E-state index is 0.154. The second kappa shape index (κ2) is 7.74. The molecule has 2 heterocycles. The van der Waals surface area contributed by atoms with Gasteiger partial charge in [-0.1, -0.05) is 67.0 Å². The summed E-state index contributed by atoms with van der Waals surface area (Å²) in [6.07, 6.45) is 1.74. The molecule has 27 heavy (non-hydrogen) atoms. The number of nitrogens with one attached hydrogen (secondary N) is 1. The summed E-state index contributed by atoms with van der Waals surface area (Å²) in [6, 6.07) is 15.2. The van der Waals surface area contributed by atoms with Crippen LogP contribution < -0.4 is 15.9 Å². The molecule has 0 aliphatic carbocycles. The maximum absolute atomic E-state index is 12.9. The molecule has 2 aromatic carbocycles. The van der Waals surface area contributed by atoms with E-state index in [-0.39, 0.29) is 5.91 Å². The summed E-state index contributed by atoms with van der Waals surface area (Å²) in [4.78, 5) is 17.8. The molecule has 4 rings (SSSR count). The van der Waals surface area contributed by atoms with E-state index in [0.717, 1.165) is 34.7 Å². The van der Waals surface area contributed by atoms with Gasteiger partial charge in [0.1, 0.15) is 5.70 Å². The van der Waals surface area contributed by atoms with Gasteiger partial charge in [0.25, 0.3) is 5.91 Å². The molecular formula is C20H19ClN4OS. The number of fused-ring (bicyclic) bond motifs is 2. The SMILES string of the molecule is CCCCSC1=NN2C(=c3ccccc3=NC2c2cccc(Cl)c2)C(=O)N1. The highest BCUT2D eigenvalue weighted by Gasteiger charge is 2.34. The Kier molecular flexibility index (Phi) is 5.18. The van der Waals surface area contributed by atoms with Crippen molar-refractivity contribution in [3.8, 4) is 0 Å². The number of rotatable bonds is 4. The summed E-state index contributed by atoms with van der Waals surface area (Å²) in [5.41, 5.74) is 1.41. The van der Waals surface area contributed by atoms with E-state index in [0.29, 0.717) is 15.9 Å². The average molecular weight is 399 g/mol. The number of benzene rings is 2. The number of amidine groups is 1. The zero-order valence-corrected chi connectivity index (χ0v) is 16.4. The molecule has 1 unspecified atom stereocenters. The molecule has 0 saturated carbocycles. The lowest BCUT2D eigenvalue weighted by Gasteiger charge is -2.34. The first-order valence-electron chi connectivity index (χ1n) is 8.92. The van der Waals surface area contributed by atoms with Gasteiger partial charge in [0, 0.05) is 16.0 Å². The van der Waals surface area contributed by atoms with Crippen molar-refractivity contribution in [3.05, 3.63) is 69.7 Å². The van der Waals surface area contributed by atoms with Crippen molar-refractivity contribution in [1.82, 2.24) is 10.3 Å². The number of nitrogens with zero attached hydrogens (tertiary/aromatic N) is 3. The second-order valence-electron chi connectivity index (χ2n) is 6.33. The van der Waals surface area contributed by atoms with E-state index in [1.165, 1.54) is 0 Å². The molecule has 1 atom stereocenters. The summed E-state index contributed by atoms with van der Waals surface area (Å²) in [5.74, 6) is 0.757. The van der Waals surface area contributed by atoms with Gasteiger partial charge in [-0.2, -0.15) is 0 Å². The Balaban J connectivity index is 1.84. The van der Waals surface area contributed by atoms with Gasteiger partial charge in [0.15, 0.2) is 11.3 Å². The van der Waals surface area contributed by atoms with Crippen LogP contribution in [0.1, 0.15) is 31.5 Å². The highest BCUT2D eigenvalue weighted by Crippen LogP contribution is 2.31. The number of thioether (sulfide) groups is 1. The van der Waals surface area contributed by atoms with Crippen LogP contribution in [0.15, 0.2) is 58.6 Å². The number of unbranched alkanes of at least 4 members (excludes halogenated alkanes) is 1. The van der Waals surface area contributed by atoms with Gasteiger partial charge in [0.2, 0.25) is 0 Å². The van der Waals surface area contributed by atoms with E-state index >= 15 is 0 Å². The largest absolute Gasteiger partial charge is 0.298 e. The predicted octanol–water partition coefficient (Wildman–Crippen LogP) is 3.02. The van der Waals surface area contributed by atoms with Crippen LogP contribution >= 0.6 is 23.4 Å². The first kappa shape index (κ1) is 18.1. The van der Waals surface area contributed by atoms with Crippen LogP contribution in [0.4, 0.5) is 0 Å². The molecule has 2 aliphatic heterocycles. The standard InChI is InChI=1S/C20H19ClN4OS/c1-2-3-11-27-20-23-19(26)17-15-9-4-5-10-16(15)22-18(25(17)24-20)13-7-6-8-14(21)12-13/h4-10,12,18H,2-3,11H2,1H3,(H,23,24,26). The Hall–Kier alpha value is -2.31. The fraction of sp³-hybridized carbons (Fsp3) is 0.250. The van der Waals surface area contributed by atoms with E-state index in [4.69, 9.17) is 21.7 Å². The van der Waals surface area contributed by atoms with Crippen molar-refractivity contribution >= 4 is 40.1 Å². The molecule has 0 spiro atoms. The van der Waals surface area contributed by atoms with Gasteiger partial charge in [0.05, 0.1) is 5.36 Å². The second-order valence-corrected chi connectivity index (χ2v) is 7.85. The summed E-state index contributed by atoms with van der Waals surface area (Å²) in [6.45, 7) is 2.14. The molecule has 0 saturated heterocycles. The molecule has 7 heteroatoms. The molecule has 0 bridgehead atoms. The van der Waals surface area contributed by atoms with Crippen molar-refractivity contribution in [2.45, 2.75) is 25.9 Å². The van der Waals surface area contributed by atoms with Crippen molar-refractivity contribution in [1.29, 1.82) is 0 Å². The number of amides is 1. The minimum Gasteiger partial charge on any atom is -0.298 e. The van der Waals surface area contributed by atoms with E-state index in [1.807, 2.05) is 48.5 Å². The van der Waals surface area contributed by atoms with Gasteiger partial charge >= 0.3 is 0 Å². The third-order valence-electron chi connectivity index (χ3n) is 4.40. The number of carbonyl (C=O) groups excluding carboxylic acids is 1. The number of carbonyl (C=O) groups is 1. The van der Waals surface area contributed by atoms with E-state index in [2.05, 4.69) is 12.2 Å². The lowest BCUT2D eigenvalue weighted by Crippen LogP contribution is -2.50. The minimum atomic E-state index is -0.429. The third-order valence-corrected chi connectivity index (χ3v) is 5.58. The van der Waals surface area contributed by atoms with Crippen LogP contribution in [0.3, 0.4) is 0 Å². The Labute approximate surface area is 166 Å². The molecule has 0 fully saturated rings. The van der Waals surface area contributed by atoms with E-state index < -0.39 is 6.17 Å². The molecule has 2 aliphatic rings. The Morgan fingerprint density at radius 3 is 2.89 bits per heavy atom. The highest BCUT2D eigenvalue weighted by molar-refractivity contribution is 8.13. The van der Waals surface area contributed by atoms with Crippen molar-refractivity contribution in [2.75, 3.05) is 5.75 Å². The molecule has 0 radical (unpaired) electrons. The average Bonchev–Trinajstić information content (AvgIpc) is 2.67. The zero-order valence-electron chi connectivity index (χ0n) is 14.9. The first-order valence-corrected chi connectivity index (χ1v) is 10.3. The third kappa shape index (κ3) is 3.59. The number of halogens is 1. The van der Waals surface area contributed by atoms with Gasteiger partial charge in [-0.3, -0.25) is 15.1 Å². The smallest absolute Gasteiger partial charge is 0.276 e. The van der Waals surface area contributed by atoms with E-state index in [1.54, 1.807) is 16.8 Å². The molecular weight excluding hydrogens is 380 g/mol. The quantitative estimate of drug-likeness (QED) is 0.805. The molecule has 1 amide bonds. The summed E-state index contributed by atoms with van der Waals surface area (Å²) >= 11 is 7.75. The number of para-hydroxylation sites is 1. The van der Waals surface area contributed by atoms with Crippen LogP contribution in [0, 0.1) is 0 Å². The normalized spacial score (nSPS) is 18.2. The number of hydrogen-bond donors (Lipinski definition) is 1. The van der Waals surface area contributed by atoms with Crippen molar-refractivity contribution < 1.29 is 4.79 Å². The lowest BCUT2D eigenvalue weighted by atomic mass is 10.1. The van der Waals surface area contributed by atoms with Gasteiger partial charge in [-0.25, -0.2) is 5.01 Å². The van der Waals surface area contributed by atoms with Crippen LogP contribution in [-0.4, -0.2) is 21.8 Å². The summed E-state index contributed by atoms with van der Waals surface area (Å²) < 4.78 is 0. The topological polar surface area (TPSA) is 57.1 Å². The van der Waals surface area contributed by atoms with Gasteiger partial charge in [-0.05, 0) is 30.2 Å². The van der Waals surface area contributed by atoms with Gasteiger partial charge < -0.3 is 0 Å². The Bertz CT molecular complexity index is 1040. The Morgan fingerprint density at radius 2 is 2.07 bits per heavy atom.